The van der Waals surface area contributed by atoms with Gasteiger partial charge in [-0.2, -0.15) is 0 Å². The van der Waals surface area contributed by atoms with Crippen molar-refractivity contribution in [3.63, 3.8) is 0 Å². The van der Waals surface area contributed by atoms with Gasteiger partial charge in [0.05, 0.1) is 5.69 Å². The molecule has 2 heterocycles. The largest absolute Gasteiger partial charge is 0.480 e. The van der Waals surface area contributed by atoms with Gasteiger partial charge in [0, 0.05) is 11.4 Å². The SMILES string of the molecule is Cc1nc(NC(=O)N2CCC(C)C2C(=O)O)sc1C. The van der Waals surface area contributed by atoms with Crippen molar-refractivity contribution in [3.8, 4) is 0 Å². The molecule has 1 fully saturated rings. The number of hydrogen-bond acceptors (Lipinski definition) is 4. The third-order valence-corrected chi connectivity index (χ3v) is 4.44. The Labute approximate surface area is 115 Å². The summed E-state index contributed by atoms with van der Waals surface area (Å²) in [6.45, 7) is 6.12. The highest BCUT2D eigenvalue weighted by Gasteiger charge is 2.39. The van der Waals surface area contributed by atoms with Crippen LogP contribution in [0.25, 0.3) is 0 Å². The van der Waals surface area contributed by atoms with E-state index in [1.165, 1.54) is 16.2 Å². The number of carboxylic acids is 1. The molecule has 2 amide bonds. The number of carbonyl (C=O) groups is 2. The quantitative estimate of drug-likeness (QED) is 0.870. The normalized spacial score (nSPS) is 22.6. The number of nitrogens with zero attached hydrogens (tertiary/aromatic N) is 2. The molecule has 1 aliphatic heterocycles. The highest BCUT2D eigenvalue weighted by atomic mass is 32.1. The summed E-state index contributed by atoms with van der Waals surface area (Å²) in [5.74, 6) is -0.977. The Morgan fingerprint density at radius 1 is 1.47 bits per heavy atom. The molecule has 1 aromatic rings. The van der Waals surface area contributed by atoms with Crippen LogP contribution in [-0.2, 0) is 4.79 Å². The lowest BCUT2D eigenvalue weighted by Crippen LogP contribution is -2.44. The van der Waals surface area contributed by atoms with Gasteiger partial charge < -0.3 is 10.0 Å². The fourth-order valence-corrected chi connectivity index (χ4v) is 3.05. The van der Waals surface area contributed by atoms with Gasteiger partial charge in [0.25, 0.3) is 0 Å². The molecule has 0 saturated carbocycles. The number of nitrogens with one attached hydrogen (secondary N) is 1. The van der Waals surface area contributed by atoms with E-state index in [-0.39, 0.29) is 11.9 Å². The molecule has 2 unspecified atom stereocenters. The molecule has 1 aliphatic rings. The van der Waals surface area contributed by atoms with Crippen LogP contribution in [0.2, 0.25) is 0 Å². The Morgan fingerprint density at radius 3 is 2.68 bits per heavy atom. The number of aromatic nitrogens is 1. The molecule has 7 heteroatoms. The average Bonchev–Trinajstić information content (AvgIpc) is 2.83. The zero-order valence-corrected chi connectivity index (χ0v) is 12.0. The van der Waals surface area contributed by atoms with Gasteiger partial charge in [0.15, 0.2) is 5.13 Å². The highest BCUT2D eigenvalue weighted by molar-refractivity contribution is 7.15. The van der Waals surface area contributed by atoms with Gasteiger partial charge >= 0.3 is 12.0 Å². The second-order valence-electron chi connectivity index (χ2n) is 4.83. The summed E-state index contributed by atoms with van der Waals surface area (Å²) in [5.41, 5.74) is 0.880. The summed E-state index contributed by atoms with van der Waals surface area (Å²) < 4.78 is 0. The molecule has 0 spiro atoms. The number of carbonyl (C=O) groups excluding carboxylic acids is 1. The third kappa shape index (κ3) is 2.70. The predicted octanol–water partition coefficient (Wildman–Crippen LogP) is 2.09. The molecule has 1 saturated heterocycles. The molecule has 19 heavy (non-hydrogen) atoms. The Balaban J connectivity index is 2.09. The van der Waals surface area contributed by atoms with Crippen molar-refractivity contribution in [2.45, 2.75) is 33.2 Å². The second-order valence-corrected chi connectivity index (χ2v) is 6.04. The molecule has 0 aromatic carbocycles. The molecule has 0 aliphatic carbocycles. The average molecular weight is 283 g/mol. The summed E-state index contributed by atoms with van der Waals surface area (Å²) in [7, 11) is 0. The van der Waals surface area contributed by atoms with Crippen molar-refractivity contribution in [3.05, 3.63) is 10.6 Å². The van der Waals surface area contributed by atoms with Crippen LogP contribution in [0.3, 0.4) is 0 Å². The van der Waals surface area contributed by atoms with E-state index in [0.29, 0.717) is 18.1 Å². The lowest BCUT2D eigenvalue weighted by Gasteiger charge is -2.22. The van der Waals surface area contributed by atoms with E-state index in [2.05, 4.69) is 10.3 Å². The lowest BCUT2D eigenvalue weighted by atomic mass is 10.0. The molecule has 1 aromatic heterocycles. The minimum atomic E-state index is -0.952. The first-order chi connectivity index (χ1) is 8.90. The number of thiazole rings is 1. The van der Waals surface area contributed by atoms with Gasteiger partial charge in [-0.25, -0.2) is 14.6 Å². The van der Waals surface area contributed by atoms with E-state index in [4.69, 9.17) is 0 Å². The fourth-order valence-electron chi connectivity index (χ4n) is 2.24. The number of aliphatic carboxylic acids is 1. The number of anilines is 1. The third-order valence-electron chi connectivity index (χ3n) is 3.46. The molecule has 6 nitrogen and oxygen atoms in total. The van der Waals surface area contributed by atoms with Crippen LogP contribution in [0.1, 0.15) is 23.9 Å². The monoisotopic (exact) mass is 283 g/mol. The smallest absolute Gasteiger partial charge is 0.326 e. The van der Waals surface area contributed by atoms with E-state index >= 15 is 0 Å². The molecule has 2 rings (SSSR count). The summed E-state index contributed by atoms with van der Waals surface area (Å²) in [6, 6.07) is -1.13. The first kappa shape index (κ1) is 13.8. The van der Waals surface area contributed by atoms with Gasteiger partial charge in [-0.1, -0.05) is 6.92 Å². The standard InChI is InChI=1S/C12H17N3O3S/c1-6-4-5-15(9(6)10(16)17)12(18)14-11-13-7(2)8(3)19-11/h6,9H,4-5H2,1-3H3,(H,16,17)(H,13,14,18). The van der Waals surface area contributed by atoms with Gasteiger partial charge in [0.2, 0.25) is 0 Å². The van der Waals surface area contributed by atoms with E-state index in [0.717, 1.165) is 10.6 Å². The first-order valence-electron chi connectivity index (χ1n) is 6.14. The van der Waals surface area contributed by atoms with Crippen molar-refractivity contribution in [1.82, 2.24) is 9.88 Å². The van der Waals surface area contributed by atoms with Crippen molar-refractivity contribution >= 4 is 28.5 Å². The molecule has 2 N–H and O–H groups in total. The van der Waals surface area contributed by atoms with Crippen LogP contribution in [0.4, 0.5) is 9.93 Å². The number of aryl methyl sites for hydroxylation is 2. The first-order valence-corrected chi connectivity index (χ1v) is 6.96. The van der Waals surface area contributed by atoms with E-state index in [1.54, 1.807) is 0 Å². The van der Waals surface area contributed by atoms with Crippen molar-refractivity contribution in [2.75, 3.05) is 11.9 Å². The molecule has 0 bridgehead atoms. The van der Waals surface area contributed by atoms with Crippen molar-refractivity contribution in [1.29, 1.82) is 0 Å². The van der Waals surface area contributed by atoms with E-state index in [1.807, 2.05) is 20.8 Å². The number of likely N-dealkylation sites (tertiary alicyclic amines) is 1. The molecule has 0 radical (unpaired) electrons. The number of hydrogen-bond donors (Lipinski definition) is 2. The summed E-state index contributed by atoms with van der Waals surface area (Å²) in [5, 5.41) is 12.4. The van der Waals surface area contributed by atoms with Crippen LogP contribution >= 0.6 is 11.3 Å². The van der Waals surface area contributed by atoms with Crippen LogP contribution in [0.15, 0.2) is 0 Å². The maximum absolute atomic E-state index is 12.1. The Morgan fingerprint density at radius 2 is 2.16 bits per heavy atom. The van der Waals surface area contributed by atoms with Crippen LogP contribution < -0.4 is 5.32 Å². The minimum Gasteiger partial charge on any atom is -0.480 e. The fraction of sp³-hybridized carbons (Fsp3) is 0.583. The Bertz CT molecular complexity index is 495. The molecular weight excluding hydrogens is 266 g/mol. The van der Waals surface area contributed by atoms with Crippen LogP contribution in [-0.4, -0.2) is 39.6 Å². The summed E-state index contributed by atoms with van der Waals surface area (Å²) in [4.78, 5) is 30.0. The van der Waals surface area contributed by atoms with Gasteiger partial charge in [-0.05, 0) is 26.2 Å². The van der Waals surface area contributed by atoms with E-state index < -0.39 is 12.0 Å². The lowest BCUT2D eigenvalue weighted by molar-refractivity contribution is -0.142. The zero-order valence-electron chi connectivity index (χ0n) is 11.1. The van der Waals surface area contributed by atoms with Gasteiger partial charge in [0.1, 0.15) is 6.04 Å². The number of rotatable bonds is 2. The number of urea groups is 1. The van der Waals surface area contributed by atoms with Crippen molar-refractivity contribution in [2.24, 2.45) is 5.92 Å². The summed E-state index contributed by atoms with van der Waals surface area (Å²) >= 11 is 1.39. The van der Waals surface area contributed by atoms with Gasteiger partial charge in [-0.15, -0.1) is 11.3 Å². The van der Waals surface area contributed by atoms with E-state index in [9.17, 15) is 14.7 Å². The van der Waals surface area contributed by atoms with Crippen LogP contribution in [0, 0.1) is 19.8 Å². The zero-order chi connectivity index (χ0) is 14.2. The van der Waals surface area contributed by atoms with Gasteiger partial charge in [-0.3, -0.25) is 5.32 Å². The maximum Gasteiger partial charge on any atom is 0.326 e. The molecular formula is C12H17N3O3S. The minimum absolute atomic E-state index is 0.0250. The topological polar surface area (TPSA) is 82.5 Å². The number of amides is 2. The maximum atomic E-state index is 12.1. The van der Waals surface area contributed by atoms with Crippen molar-refractivity contribution < 1.29 is 14.7 Å². The number of carboxylic acid groups (broad SMARTS) is 1. The molecule has 104 valence electrons. The summed E-state index contributed by atoms with van der Waals surface area (Å²) in [6.07, 6.45) is 0.709. The second kappa shape index (κ2) is 5.16. The van der Waals surface area contributed by atoms with Crippen LogP contribution in [0.5, 0.6) is 0 Å². The predicted molar refractivity (Wildman–Crippen MR) is 72.5 cm³/mol. The highest BCUT2D eigenvalue weighted by Crippen LogP contribution is 2.26. The Hall–Kier alpha value is -1.63. The Kier molecular flexibility index (Phi) is 3.75. The molecule has 2 atom stereocenters.